The van der Waals surface area contributed by atoms with Gasteiger partial charge in [0.25, 0.3) is 0 Å². The van der Waals surface area contributed by atoms with Gasteiger partial charge in [-0.15, -0.1) is 0 Å². The van der Waals surface area contributed by atoms with Crippen molar-refractivity contribution in [3.05, 3.63) is 154 Å². The van der Waals surface area contributed by atoms with Crippen LogP contribution in [0.2, 0.25) is 0 Å². The molecule has 2 aromatic carbocycles. The van der Waals surface area contributed by atoms with E-state index in [0.717, 1.165) is 24.0 Å². The van der Waals surface area contributed by atoms with Crippen molar-refractivity contribution < 1.29 is 34.8 Å². The third kappa shape index (κ3) is 13.8. The van der Waals surface area contributed by atoms with Gasteiger partial charge < -0.3 is 0 Å². The second kappa shape index (κ2) is 21.0. The summed E-state index contributed by atoms with van der Waals surface area (Å²) < 4.78 is 83.0. The van der Waals surface area contributed by atoms with Gasteiger partial charge in [-0.3, -0.25) is 9.59 Å². The van der Waals surface area contributed by atoms with Gasteiger partial charge in [0.05, 0.1) is 31.8 Å². The van der Waals surface area contributed by atoms with Crippen LogP contribution in [0, 0.1) is 10.8 Å². The molecule has 340 valence electrons. The Bertz CT molecular complexity index is 2450. The normalized spacial score (nSPS) is 19.7. The van der Waals surface area contributed by atoms with Gasteiger partial charge in [-0.05, 0) is 125 Å². The first kappa shape index (κ1) is 51.2. The molecule has 8 nitrogen and oxygen atoms in total. The SMILES string of the molecule is CC1=C(/C=C/C(C)=C/C(C/C(C)=C/CS(=O)(=O)C/C=C(\C)CC(/C=C(C)/C=C/C2=C(C)C(=O)CCC2(C)C)S(=O)(=O)c2ccccc2)S(=O)(=O)c2ccccc2)C(C)(C)CCC1=O. The zero-order chi connectivity index (χ0) is 47.0. The maximum absolute atomic E-state index is 14.0. The lowest BCUT2D eigenvalue weighted by atomic mass is 9.72. The fourth-order valence-corrected chi connectivity index (χ4v) is 12.9. The van der Waals surface area contributed by atoms with Crippen LogP contribution in [-0.2, 0) is 39.1 Å². The standard InChI is InChI=1S/C52H66O8S3/c1-37(21-23-47-41(5)49(53)25-29-51(47,7)8)33-45(62(57,58)43-17-13-11-14-18-43)35-39(3)27-31-61(55,56)32-28-40(4)36-46(63(59,60)44-19-15-12-16-20-44)34-38(2)22-24-48-42(6)50(54)26-30-52(48,9)10/h11-24,27-28,33-34,45-46H,25-26,29-32,35-36H2,1-10H3/b23-21+,24-22+,37-33+,38-34+,39-27+,40-28+. The second-order valence-electron chi connectivity index (χ2n) is 18.6. The van der Waals surface area contributed by atoms with Crippen LogP contribution in [0.15, 0.2) is 164 Å². The van der Waals surface area contributed by atoms with Crippen molar-refractivity contribution in [2.75, 3.05) is 11.5 Å². The second-order valence-corrected chi connectivity index (χ2v) is 25.0. The van der Waals surface area contributed by atoms with Crippen molar-refractivity contribution in [2.24, 2.45) is 10.8 Å². The molecule has 0 saturated heterocycles. The van der Waals surface area contributed by atoms with Crippen molar-refractivity contribution in [1.82, 2.24) is 0 Å². The highest BCUT2D eigenvalue weighted by Crippen LogP contribution is 2.41. The zero-order valence-electron chi connectivity index (χ0n) is 38.7. The van der Waals surface area contributed by atoms with Crippen LogP contribution in [0.5, 0.6) is 0 Å². The Labute approximate surface area is 378 Å². The molecule has 2 atom stereocenters. The molecular formula is C52H66O8S3. The van der Waals surface area contributed by atoms with Crippen molar-refractivity contribution >= 4 is 41.1 Å². The van der Waals surface area contributed by atoms with E-state index in [9.17, 15) is 34.8 Å². The summed E-state index contributed by atoms with van der Waals surface area (Å²) in [5.41, 5.74) is 5.45. The van der Waals surface area contributed by atoms with E-state index < -0.39 is 40.0 Å². The van der Waals surface area contributed by atoms with E-state index in [2.05, 4.69) is 27.7 Å². The first-order valence-electron chi connectivity index (χ1n) is 21.6. The van der Waals surface area contributed by atoms with Crippen molar-refractivity contribution in [1.29, 1.82) is 0 Å². The molecule has 0 saturated carbocycles. The van der Waals surface area contributed by atoms with Crippen LogP contribution < -0.4 is 0 Å². The maximum atomic E-state index is 14.0. The van der Waals surface area contributed by atoms with E-state index in [0.29, 0.717) is 46.3 Å². The summed E-state index contributed by atoms with van der Waals surface area (Å²) in [5.74, 6) is -0.436. The number of carbonyl (C=O) groups is 2. The number of sulfone groups is 3. The smallest absolute Gasteiger partial charge is 0.185 e. The van der Waals surface area contributed by atoms with Gasteiger partial charge in [0.2, 0.25) is 0 Å². The molecule has 0 N–H and O–H groups in total. The van der Waals surface area contributed by atoms with E-state index in [4.69, 9.17) is 0 Å². The summed E-state index contributed by atoms with van der Waals surface area (Å²) in [7, 11) is -11.5. The average Bonchev–Trinajstić information content (AvgIpc) is 3.22. The van der Waals surface area contributed by atoms with Crippen LogP contribution in [0.1, 0.15) is 108 Å². The molecule has 0 aliphatic heterocycles. The van der Waals surface area contributed by atoms with Crippen LogP contribution in [-0.4, -0.2) is 58.8 Å². The third-order valence-electron chi connectivity index (χ3n) is 12.3. The molecular weight excluding hydrogens is 849 g/mol. The van der Waals surface area contributed by atoms with Crippen molar-refractivity contribution in [3.8, 4) is 0 Å². The summed E-state index contributed by atoms with van der Waals surface area (Å²) in [5, 5.41) is -1.98. The molecule has 11 heteroatoms. The van der Waals surface area contributed by atoms with Gasteiger partial charge in [-0.25, -0.2) is 25.3 Å². The number of allylic oxidation sites excluding steroid dienone is 12. The molecule has 63 heavy (non-hydrogen) atoms. The fourth-order valence-electron chi connectivity index (χ4n) is 8.13. The number of rotatable bonds is 18. The number of Topliss-reactive ketones (excluding diaryl/α,β-unsaturated/α-hetero) is 2. The van der Waals surface area contributed by atoms with Crippen molar-refractivity contribution in [2.45, 2.75) is 128 Å². The minimum Gasteiger partial charge on any atom is -0.295 e. The monoisotopic (exact) mass is 914 g/mol. The highest BCUT2D eigenvalue weighted by atomic mass is 32.2. The van der Waals surface area contributed by atoms with Gasteiger partial charge in [0.1, 0.15) is 0 Å². The van der Waals surface area contributed by atoms with Crippen LogP contribution in [0.4, 0.5) is 0 Å². The Kier molecular flexibility index (Phi) is 17.1. The lowest BCUT2D eigenvalue weighted by molar-refractivity contribution is -0.117. The van der Waals surface area contributed by atoms with Gasteiger partial charge in [0, 0.05) is 12.8 Å². The minimum atomic E-state index is -3.87. The first-order valence-corrected chi connectivity index (χ1v) is 26.5. The van der Waals surface area contributed by atoms with E-state index in [1.54, 1.807) is 98.8 Å². The Balaban J connectivity index is 1.56. The van der Waals surface area contributed by atoms with Crippen molar-refractivity contribution in [3.63, 3.8) is 0 Å². The highest BCUT2D eigenvalue weighted by Gasteiger charge is 2.33. The van der Waals surface area contributed by atoms with E-state index in [1.165, 1.54) is 0 Å². The lowest BCUT2D eigenvalue weighted by Crippen LogP contribution is -2.24. The predicted octanol–water partition coefficient (Wildman–Crippen LogP) is 11.2. The quantitative estimate of drug-likeness (QED) is 0.106. The molecule has 0 amide bonds. The van der Waals surface area contributed by atoms with E-state index in [-0.39, 0.29) is 56.5 Å². The molecule has 4 rings (SSSR count). The molecule has 0 spiro atoms. The van der Waals surface area contributed by atoms with Gasteiger partial charge in [-0.2, -0.15) is 0 Å². The van der Waals surface area contributed by atoms with E-state index in [1.807, 2.05) is 52.0 Å². The Morgan fingerprint density at radius 2 is 0.905 bits per heavy atom. The Morgan fingerprint density at radius 1 is 0.571 bits per heavy atom. The molecule has 0 aromatic heterocycles. The summed E-state index contributed by atoms with van der Waals surface area (Å²) in [6.07, 6.45) is 16.5. The largest absolute Gasteiger partial charge is 0.295 e. The number of hydrogen-bond acceptors (Lipinski definition) is 8. The molecule has 0 radical (unpaired) electrons. The highest BCUT2D eigenvalue weighted by molar-refractivity contribution is 7.92. The van der Waals surface area contributed by atoms with Gasteiger partial charge in [-0.1, -0.05) is 135 Å². The number of ketones is 2. The Morgan fingerprint density at radius 3 is 1.24 bits per heavy atom. The number of hydrogen-bond donors (Lipinski definition) is 0. The molecule has 2 aromatic rings. The molecule has 0 heterocycles. The molecule has 2 aliphatic carbocycles. The predicted molar refractivity (Wildman–Crippen MR) is 257 cm³/mol. The van der Waals surface area contributed by atoms with E-state index >= 15 is 0 Å². The fraction of sp³-hybridized carbons (Fsp3) is 0.423. The summed E-state index contributed by atoms with van der Waals surface area (Å²) >= 11 is 0. The van der Waals surface area contributed by atoms with Crippen LogP contribution in [0.3, 0.4) is 0 Å². The summed E-state index contributed by atoms with van der Waals surface area (Å²) in [4.78, 5) is 25.3. The number of benzene rings is 2. The van der Waals surface area contributed by atoms with Gasteiger partial charge >= 0.3 is 0 Å². The first-order chi connectivity index (χ1) is 29.3. The van der Waals surface area contributed by atoms with Crippen LogP contribution in [0.25, 0.3) is 0 Å². The molecule has 2 aliphatic rings. The summed E-state index contributed by atoms with van der Waals surface area (Å²) in [6.45, 7) is 19.1. The molecule has 2 unspecified atom stereocenters. The van der Waals surface area contributed by atoms with Gasteiger partial charge in [0.15, 0.2) is 41.1 Å². The lowest BCUT2D eigenvalue weighted by Gasteiger charge is -2.32. The number of carbonyl (C=O) groups excluding carboxylic acids is 2. The average molecular weight is 915 g/mol. The third-order valence-corrected chi connectivity index (χ3v) is 17.7. The zero-order valence-corrected chi connectivity index (χ0v) is 41.1. The topological polar surface area (TPSA) is 137 Å². The Hall–Kier alpha value is -4.45. The summed E-state index contributed by atoms with van der Waals surface area (Å²) in [6, 6.07) is 16.3. The minimum absolute atomic E-state index is 0.0578. The molecule has 0 bridgehead atoms. The molecule has 0 fully saturated rings. The maximum Gasteiger partial charge on any atom is 0.185 e. The van der Waals surface area contributed by atoms with Crippen LogP contribution >= 0.6 is 0 Å².